The van der Waals surface area contributed by atoms with Gasteiger partial charge in [-0.25, -0.2) is 0 Å². The smallest absolute Gasteiger partial charge is 0.240 e. The molecule has 1 saturated carbocycles. The first-order valence-corrected chi connectivity index (χ1v) is 7.52. The highest BCUT2D eigenvalue weighted by atomic mass is 16.5. The SMILES string of the molecule is COc1ccc(CN(C(=O)[C@@H](N)C(C)(C)C)C2CC2)cc1. The fourth-order valence-corrected chi connectivity index (χ4v) is 2.25. The molecule has 1 aliphatic rings. The molecule has 1 amide bonds. The number of amides is 1. The number of rotatable bonds is 5. The molecule has 1 aliphatic carbocycles. The number of benzene rings is 1. The second kappa shape index (κ2) is 6.06. The van der Waals surface area contributed by atoms with Gasteiger partial charge in [0, 0.05) is 12.6 Å². The molecule has 21 heavy (non-hydrogen) atoms. The highest BCUT2D eigenvalue weighted by Crippen LogP contribution is 2.31. The normalized spacial score (nSPS) is 16.4. The maximum Gasteiger partial charge on any atom is 0.240 e. The Balaban J connectivity index is 2.10. The molecule has 4 nitrogen and oxygen atoms in total. The average molecular weight is 290 g/mol. The lowest BCUT2D eigenvalue weighted by molar-refractivity contribution is -0.136. The second-order valence-electron chi connectivity index (χ2n) is 6.89. The molecule has 0 unspecified atom stereocenters. The number of hydrogen-bond acceptors (Lipinski definition) is 3. The summed E-state index contributed by atoms with van der Waals surface area (Å²) in [5.41, 5.74) is 7.04. The van der Waals surface area contributed by atoms with Crippen molar-refractivity contribution in [1.29, 1.82) is 0 Å². The molecule has 0 aliphatic heterocycles. The monoisotopic (exact) mass is 290 g/mol. The van der Waals surface area contributed by atoms with Gasteiger partial charge < -0.3 is 15.4 Å². The van der Waals surface area contributed by atoms with Gasteiger partial charge in [-0.05, 0) is 36.0 Å². The van der Waals surface area contributed by atoms with Crippen LogP contribution in [0.2, 0.25) is 0 Å². The van der Waals surface area contributed by atoms with Crippen LogP contribution in [0.4, 0.5) is 0 Å². The number of methoxy groups -OCH3 is 1. The predicted octanol–water partition coefficient (Wildman–Crippen LogP) is 2.56. The van der Waals surface area contributed by atoms with Gasteiger partial charge in [-0.2, -0.15) is 0 Å². The molecule has 0 bridgehead atoms. The first-order valence-electron chi connectivity index (χ1n) is 7.52. The van der Waals surface area contributed by atoms with Gasteiger partial charge in [-0.15, -0.1) is 0 Å². The van der Waals surface area contributed by atoms with E-state index in [1.165, 1.54) is 0 Å². The van der Waals surface area contributed by atoms with Gasteiger partial charge in [0.2, 0.25) is 5.91 Å². The Morgan fingerprint density at radius 2 is 1.90 bits per heavy atom. The van der Waals surface area contributed by atoms with Crippen molar-refractivity contribution in [1.82, 2.24) is 4.90 Å². The molecule has 2 N–H and O–H groups in total. The van der Waals surface area contributed by atoms with E-state index in [0.29, 0.717) is 12.6 Å². The van der Waals surface area contributed by atoms with Crippen LogP contribution >= 0.6 is 0 Å². The Bertz CT molecular complexity index is 487. The molecule has 4 heteroatoms. The van der Waals surface area contributed by atoms with Crippen molar-refractivity contribution in [3.63, 3.8) is 0 Å². The number of carbonyl (C=O) groups is 1. The van der Waals surface area contributed by atoms with Gasteiger partial charge in [-0.1, -0.05) is 32.9 Å². The molecular weight excluding hydrogens is 264 g/mol. The zero-order valence-corrected chi connectivity index (χ0v) is 13.4. The van der Waals surface area contributed by atoms with E-state index in [0.717, 1.165) is 24.2 Å². The summed E-state index contributed by atoms with van der Waals surface area (Å²) in [5, 5.41) is 0. The van der Waals surface area contributed by atoms with Crippen molar-refractivity contribution in [2.45, 2.75) is 52.2 Å². The lowest BCUT2D eigenvalue weighted by Gasteiger charge is -2.32. The van der Waals surface area contributed by atoms with E-state index in [9.17, 15) is 4.79 Å². The molecule has 0 saturated heterocycles. The summed E-state index contributed by atoms with van der Waals surface area (Å²) >= 11 is 0. The lowest BCUT2D eigenvalue weighted by Crippen LogP contribution is -2.50. The maximum atomic E-state index is 12.7. The van der Waals surface area contributed by atoms with Gasteiger partial charge >= 0.3 is 0 Å². The van der Waals surface area contributed by atoms with Crippen molar-refractivity contribution in [2.75, 3.05) is 7.11 Å². The molecule has 2 rings (SSSR count). The molecule has 0 spiro atoms. The van der Waals surface area contributed by atoms with Crippen molar-refractivity contribution >= 4 is 5.91 Å². The van der Waals surface area contributed by atoms with Gasteiger partial charge in [0.05, 0.1) is 13.2 Å². The minimum absolute atomic E-state index is 0.0563. The molecule has 1 atom stereocenters. The van der Waals surface area contributed by atoms with E-state index < -0.39 is 6.04 Å². The first kappa shape index (κ1) is 15.8. The van der Waals surface area contributed by atoms with Crippen molar-refractivity contribution < 1.29 is 9.53 Å². The fourth-order valence-electron chi connectivity index (χ4n) is 2.25. The molecule has 0 radical (unpaired) electrons. The predicted molar refractivity (Wildman–Crippen MR) is 84.0 cm³/mol. The minimum atomic E-state index is -0.462. The summed E-state index contributed by atoms with van der Waals surface area (Å²) in [5.74, 6) is 0.884. The van der Waals surface area contributed by atoms with E-state index in [4.69, 9.17) is 10.5 Å². The van der Waals surface area contributed by atoms with Crippen LogP contribution in [0, 0.1) is 5.41 Å². The van der Waals surface area contributed by atoms with E-state index in [2.05, 4.69) is 0 Å². The third-order valence-corrected chi connectivity index (χ3v) is 3.98. The topological polar surface area (TPSA) is 55.6 Å². The van der Waals surface area contributed by atoms with Crippen LogP contribution in [0.5, 0.6) is 5.75 Å². The van der Waals surface area contributed by atoms with Gasteiger partial charge in [0.15, 0.2) is 0 Å². The Labute approximate surface area is 127 Å². The summed E-state index contributed by atoms with van der Waals surface area (Å²) < 4.78 is 5.16. The second-order valence-corrected chi connectivity index (χ2v) is 6.89. The third-order valence-electron chi connectivity index (χ3n) is 3.98. The van der Waals surface area contributed by atoms with Crippen LogP contribution < -0.4 is 10.5 Å². The molecule has 0 aromatic heterocycles. The summed E-state index contributed by atoms with van der Waals surface area (Å²) in [6, 6.07) is 7.75. The zero-order chi connectivity index (χ0) is 15.6. The largest absolute Gasteiger partial charge is 0.497 e. The number of carbonyl (C=O) groups excluding carboxylic acids is 1. The quantitative estimate of drug-likeness (QED) is 0.906. The van der Waals surface area contributed by atoms with Crippen LogP contribution in [-0.4, -0.2) is 30.0 Å². The molecular formula is C17H26N2O2. The van der Waals surface area contributed by atoms with Crippen LogP contribution in [-0.2, 0) is 11.3 Å². The van der Waals surface area contributed by atoms with E-state index >= 15 is 0 Å². The third kappa shape index (κ3) is 3.97. The van der Waals surface area contributed by atoms with Crippen molar-refractivity contribution in [3.8, 4) is 5.75 Å². The van der Waals surface area contributed by atoms with E-state index in [1.807, 2.05) is 49.9 Å². The van der Waals surface area contributed by atoms with Crippen molar-refractivity contribution in [2.24, 2.45) is 11.1 Å². The van der Waals surface area contributed by atoms with Crippen molar-refractivity contribution in [3.05, 3.63) is 29.8 Å². The first-order chi connectivity index (χ1) is 9.82. The molecule has 0 heterocycles. The van der Waals surface area contributed by atoms with Crippen LogP contribution in [0.1, 0.15) is 39.2 Å². The molecule has 1 fully saturated rings. The summed E-state index contributed by atoms with van der Waals surface area (Å²) in [6.45, 7) is 6.65. The lowest BCUT2D eigenvalue weighted by atomic mass is 9.86. The average Bonchev–Trinajstić information content (AvgIpc) is 3.27. The standard InChI is InChI=1S/C17H26N2O2/c1-17(2,3)15(18)16(20)19(13-7-8-13)11-12-5-9-14(21-4)10-6-12/h5-6,9-10,13,15H,7-8,11,18H2,1-4H3/t15-/m1/s1. The molecule has 116 valence electrons. The molecule has 1 aromatic rings. The van der Waals surface area contributed by atoms with E-state index in [1.54, 1.807) is 7.11 Å². The van der Waals surface area contributed by atoms with Gasteiger partial charge in [0.25, 0.3) is 0 Å². The Hall–Kier alpha value is -1.55. The Kier molecular flexibility index (Phi) is 4.57. The summed E-state index contributed by atoms with van der Waals surface area (Å²) in [6.07, 6.45) is 2.16. The number of hydrogen-bond donors (Lipinski definition) is 1. The number of ether oxygens (including phenoxy) is 1. The number of nitrogens with two attached hydrogens (primary N) is 1. The highest BCUT2D eigenvalue weighted by molar-refractivity contribution is 5.83. The van der Waals surface area contributed by atoms with E-state index in [-0.39, 0.29) is 11.3 Å². The maximum absolute atomic E-state index is 12.7. The zero-order valence-electron chi connectivity index (χ0n) is 13.4. The van der Waals surface area contributed by atoms with Crippen LogP contribution in [0.15, 0.2) is 24.3 Å². The molecule has 1 aromatic carbocycles. The van der Waals surface area contributed by atoms with Crippen LogP contribution in [0.25, 0.3) is 0 Å². The Morgan fingerprint density at radius 3 is 2.33 bits per heavy atom. The summed E-state index contributed by atoms with van der Waals surface area (Å²) in [7, 11) is 1.65. The van der Waals surface area contributed by atoms with Gasteiger partial charge in [0.1, 0.15) is 5.75 Å². The fraction of sp³-hybridized carbons (Fsp3) is 0.588. The summed E-state index contributed by atoms with van der Waals surface area (Å²) in [4.78, 5) is 14.6. The van der Waals surface area contributed by atoms with Gasteiger partial charge in [-0.3, -0.25) is 4.79 Å². The van der Waals surface area contributed by atoms with Crippen LogP contribution in [0.3, 0.4) is 0 Å². The number of nitrogens with zero attached hydrogens (tertiary/aromatic N) is 1. The minimum Gasteiger partial charge on any atom is -0.497 e. The highest BCUT2D eigenvalue weighted by Gasteiger charge is 2.38. The Morgan fingerprint density at radius 1 is 1.33 bits per heavy atom.